The number of aromatic nitrogens is 2. The summed E-state index contributed by atoms with van der Waals surface area (Å²) >= 11 is 0. The van der Waals surface area contributed by atoms with Gasteiger partial charge in [0.05, 0.1) is 18.9 Å². The van der Waals surface area contributed by atoms with E-state index in [4.69, 9.17) is 19.9 Å². The maximum atomic E-state index is 6.05. The summed E-state index contributed by atoms with van der Waals surface area (Å²) in [7, 11) is 0. The van der Waals surface area contributed by atoms with E-state index in [1.165, 1.54) is 0 Å². The number of hydrogen-bond acceptors (Lipinski definition) is 7. The third kappa shape index (κ3) is 5.71. The van der Waals surface area contributed by atoms with Gasteiger partial charge in [-0.25, -0.2) is 9.97 Å². The molecular formula is C24H28N4O3. The predicted molar refractivity (Wildman–Crippen MR) is 121 cm³/mol. The van der Waals surface area contributed by atoms with Crippen LogP contribution in [0.1, 0.15) is 18.4 Å². The molecule has 0 atom stereocenters. The van der Waals surface area contributed by atoms with E-state index in [9.17, 15) is 0 Å². The number of nitrogens with two attached hydrogens (primary N) is 1. The molecule has 7 nitrogen and oxygen atoms in total. The van der Waals surface area contributed by atoms with Gasteiger partial charge in [-0.2, -0.15) is 0 Å². The molecule has 0 saturated carbocycles. The molecule has 0 radical (unpaired) electrons. The lowest BCUT2D eigenvalue weighted by Crippen LogP contribution is -2.25. The molecule has 2 aromatic carbocycles. The summed E-state index contributed by atoms with van der Waals surface area (Å²) in [5.74, 6) is 2.19. The summed E-state index contributed by atoms with van der Waals surface area (Å²) < 4.78 is 17.1. The SMILES string of the molecule is Cc1ccc(Nc2nccc(-c3ccc(OC4CCOCC4)cc3)n2)cc1OCCN. The minimum absolute atomic E-state index is 0.225. The maximum Gasteiger partial charge on any atom is 0.227 e. The quantitative estimate of drug-likeness (QED) is 0.567. The van der Waals surface area contributed by atoms with Crippen molar-refractivity contribution in [1.29, 1.82) is 0 Å². The minimum Gasteiger partial charge on any atom is -0.492 e. The maximum absolute atomic E-state index is 6.05. The van der Waals surface area contributed by atoms with Crippen molar-refractivity contribution in [3.8, 4) is 22.8 Å². The number of hydrogen-bond donors (Lipinski definition) is 2. The van der Waals surface area contributed by atoms with Crippen molar-refractivity contribution in [1.82, 2.24) is 9.97 Å². The van der Waals surface area contributed by atoms with Crippen molar-refractivity contribution in [3.05, 3.63) is 60.3 Å². The Hall–Kier alpha value is -3.16. The zero-order chi connectivity index (χ0) is 21.5. The highest BCUT2D eigenvalue weighted by atomic mass is 16.5. The Morgan fingerprint density at radius 1 is 1.10 bits per heavy atom. The third-order valence-corrected chi connectivity index (χ3v) is 5.10. The van der Waals surface area contributed by atoms with Gasteiger partial charge in [0.15, 0.2) is 0 Å². The molecule has 0 unspecified atom stereocenters. The zero-order valence-corrected chi connectivity index (χ0v) is 17.7. The standard InChI is InChI=1S/C24H28N4O3/c1-17-2-5-19(16-23(17)30-15-11-25)27-24-26-12-8-22(28-24)18-3-6-20(7-4-18)31-21-9-13-29-14-10-21/h2-8,12,16,21H,9-11,13-15,25H2,1H3,(H,26,27,28). The van der Waals surface area contributed by atoms with Crippen LogP contribution in [0.4, 0.5) is 11.6 Å². The van der Waals surface area contributed by atoms with E-state index >= 15 is 0 Å². The van der Waals surface area contributed by atoms with Gasteiger partial charge in [-0.15, -0.1) is 0 Å². The topological polar surface area (TPSA) is 91.5 Å². The molecule has 1 aliphatic heterocycles. The highest BCUT2D eigenvalue weighted by Gasteiger charge is 2.15. The lowest BCUT2D eigenvalue weighted by atomic mass is 10.1. The number of ether oxygens (including phenoxy) is 3. The first-order chi connectivity index (χ1) is 15.2. The molecule has 2 heterocycles. The summed E-state index contributed by atoms with van der Waals surface area (Å²) in [6.45, 7) is 4.48. The van der Waals surface area contributed by atoms with Crippen LogP contribution in [0.3, 0.4) is 0 Å². The molecule has 1 saturated heterocycles. The van der Waals surface area contributed by atoms with Gasteiger partial charge in [0.25, 0.3) is 0 Å². The van der Waals surface area contributed by atoms with Crippen LogP contribution in [0.15, 0.2) is 54.7 Å². The average molecular weight is 421 g/mol. The number of rotatable bonds is 8. The number of benzene rings is 2. The fourth-order valence-corrected chi connectivity index (χ4v) is 3.40. The molecule has 1 fully saturated rings. The zero-order valence-electron chi connectivity index (χ0n) is 17.7. The lowest BCUT2D eigenvalue weighted by molar-refractivity contribution is 0.0256. The van der Waals surface area contributed by atoms with Crippen LogP contribution in [-0.2, 0) is 4.74 Å². The van der Waals surface area contributed by atoms with Crippen LogP contribution in [-0.4, -0.2) is 42.4 Å². The molecular weight excluding hydrogens is 392 g/mol. The molecule has 7 heteroatoms. The first kappa shape index (κ1) is 21.1. The summed E-state index contributed by atoms with van der Waals surface area (Å²) in [5.41, 5.74) is 9.29. The molecule has 3 N–H and O–H groups in total. The Balaban J connectivity index is 1.44. The molecule has 0 spiro atoms. The second-order valence-corrected chi connectivity index (χ2v) is 7.46. The molecule has 1 aliphatic rings. The van der Waals surface area contributed by atoms with Gasteiger partial charge < -0.3 is 25.3 Å². The number of aryl methyl sites for hydroxylation is 1. The normalized spacial score (nSPS) is 14.3. The van der Waals surface area contributed by atoms with E-state index in [0.29, 0.717) is 19.1 Å². The van der Waals surface area contributed by atoms with Crippen molar-refractivity contribution < 1.29 is 14.2 Å². The van der Waals surface area contributed by atoms with Crippen LogP contribution in [0.2, 0.25) is 0 Å². The van der Waals surface area contributed by atoms with Crippen molar-refractivity contribution >= 4 is 11.6 Å². The minimum atomic E-state index is 0.225. The second-order valence-electron chi connectivity index (χ2n) is 7.46. The third-order valence-electron chi connectivity index (χ3n) is 5.10. The Labute approximate surface area is 182 Å². The number of anilines is 2. The van der Waals surface area contributed by atoms with Crippen LogP contribution in [0, 0.1) is 6.92 Å². The summed E-state index contributed by atoms with van der Waals surface area (Å²) in [5, 5.41) is 3.25. The van der Waals surface area contributed by atoms with E-state index in [1.807, 2.05) is 55.5 Å². The molecule has 4 rings (SSSR count). The average Bonchev–Trinajstić information content (AvgIpc) is 2.81. The van der Waals surface area contributed by atoms with Crippen LogP contribution in [0.5, 0.6) is 11.5 Å². The highest BCUT2D eigenvalue weighted by Crippen LogP contribution is 2.26. The van der Waals surface area contributed by atoms with Crippen LogP contribution < -0.4 is 20.5 Å². The molecule has 3 aromatic rings. The highest BCUT2D eigenvalue weighted by molar-refractivity contribution is 5.63. The molecule has 0 bridgehead atoms. The van der Waals surface area contributed by atoms with Gasteiger partial charge in [0, 0.05) is 42.9 Å². The van der Waals surface area contributed by atoms with Gasteiger partial charge in [-0.3, -0.25) is 0 Å². The van der Waals surface area contributed by atoms with Gasteiger partial charge in [0.2, 0.25) is 5.95 Å². The molecule has 162 valence electrons. The Morgan fingerprint density at radius 3 is 2.68 bits per heavy atom. The van der Waals surface area contributed by atoms with E-state index < -0.39 is 0 Å². The van der Waals surface area contributed by atoms with Gasteiger partial charge in [-0.05, 0) is 48.9 Å². The Morgan fingerprint density at radius 2 is 1.90 bits per heavy atom. The monoisotopic (exact) mass is 420 g/mol. The van der Waals surface area contributed by atoms with E-state index in [0.717, 1.165) is 60.1 Å². The number of nitrogens with zero attached hydrogens (tertiary/aromatic N) is 2. The van der Waals surface area contributed by atoms with E-state index in [1.54, 1.807) is 6.20 Å². The van der Waals surface area contributed by atoms with Crippen molar-refractivity contribution in [2.24, 2.45) is 5.73 Å². The summed E-state index contributed by atoms with van der Waals surface area (Å²) in [4.78, 5) is 9.01. The van der Waals surface area contributed by atoms with Gasteiger partial charge >= 0.3 is 0 Å². The fourth-order valence-electron chi connectivity index (χ4n) is 3.40. The first-order valence-electron chi connectivity index (χ1n) is 10.6. The first-order valence-corrected chi connectivity index (χ1v) is 10.6. The smallest absolute Gasteiger partial charge is 0.227 e. The summed E-state index contributed by atoms with van der Waals surface area (Å²) in [6, 6.07) is 15.8. The van der Waals surface area contributed by atoms with E-state index in [2.05, 4.69) is 15.3 Å². The Kier molecular flexibility index (Phi) is 6.96. The lowest BCUT2D eigenvalue weighted by Gasteiger charge is -2.23. The largest absolute Gasteiger partial charge is 0.492 e. The van der Waals surface area contributed by atoms with Gasteiger partial charge in [-0.1, -0.05) is 6.07 Å². The van der Waals surface area contributed by atoms with E-state index in [-0.39, 0.29) is 6.10 Å². The van der Waals surface area contributed by atoms with Crippen molar-refractivity contribution in [2.75, 3.05) is 31.7 Å². The van der Waals surface area contributed by atoms with Crippen LogP contribution >= 0.6 is 0 Å². The van der Waals surface area contributed by atoms with Crippen molar-refractivity contribution in [2.45, 2.75) is 25.9 Å². The molecule has 31 heavy (non-hydrogen) atoms. The molecule has 0 aliphatic carbocycles. The van der Waals surface area contributed by atoms with Crippen LogP contribution in [0.25, 0.3) is 11.3 Å². The fraction of sp³-hybridized carbons (Fsp3) is 0.333. The molecule has 0 amide bonds. The Bertz CT molecular complexity index is 988. The predicted octanol–water partition coefficient (Wildman–Crippen LogP) is 4.09. The summed E-state index contributed by atoms with van der Waals surface area (Å²) in [6.07, 6.45) is 3.83. The molecule has 1 aromatic heterocycles. The van der Waals surface area contributed by atoms with Gasteiger partial charge in [0.1, 0.15) is 24.2 Å². The number of nitrogens with one attached hydrogen (secondary N) is 1. The second kappa shape index (κ2) is 10.2. The van der Waals surface area contributed by atoms with Crippen molar-refractivity contribution in [3.63, 3.8) is 0 Å².